The molecule has 2 aromatic rings. The van der Waals surface area contributed by atoms with Gasteiger partial charge >= 0.3 is 0 Å². The molecule has 18 heavy (non-hydrogen) atoms. The van der Waals surface area contributed by atoms with Gasteiger partial charge in [-0.25, -0.2) is 0 Å². The van der Waals surface area contributed by atoms with Crippen molar-refractivity contribution in [2.24, 2.45) is 5.10 Å². The highest BCUT2D eigenvalue weighted by molar-refractivity contribution is 5.83. The quantitative estimate of drug-likeness (QED) is 0.872. The lowest BCUT2D eigenvalue weighted by Gasteiger charge is -2.22. The van der Waals surface area contributed by atoms with Crippen LogP contribution in [-0.2, 0) is 6.42 Å². The van der Waals surface area contributed by atoms with Crippen molar-refractivity contribution in [2.75, 3.05) is 0 Å². The van der Waals surface area contributed by atoms with Gasteiger partial charge in [0.2, 0.25) is 0 Å². The van der Waals surface area contributed by atoms with Gasteiger partial charge in [0.25, 0.3) is 0 Å². The summed E-state index contributed by atoms with van der Waals surface area (Å²) in [6.07, 6.45) is 4.76. The molecule has 2 heterocycles. The topological polar surface area (TPSA) is 37.3 Å². The smallest absolute Gasteiger partial charge is 0.0960 e. The van der Waals surface area contributed by atoms with Crippen molar-refractivity contribution in [3.63, 3.8) is 0 Å². The molecule has 0 bridgehead atoms. The van der Waals surface area contributed by atoms with Gasteiger partial charge in [-0.05, 0) is 23.6 Å². The molecule has 1 unspecified atom stereocenters. The molecule has 1 atom stereocenters. The van der Waals surface area contributed by atoms with E-state index in [-0.39, 0.29) is 6.04 Å². The van der Waals surface area contributed by atoms with Crippen LogP contribution >= 0.6 is 0 Å². The first-order valence-corrected chi connectivity index (χ1v) is 6.21. The standard InChI is InChI=1S/C15H15N3/c1-2-13-8-7-12(9-16-13)15-14-6-4-3-5-11(14)10-17-18-15/h3-10,15,18H,2H2,1H3. The van der Waals surface area contributed by atoms with E-state index in [4.69, 9.17) is 0 Å². The minimum atomic E-state index is 0.101. The van der Waals surface area contributed by atoms with Gasteiger partial charge in [-0.2, -0.15) is 5.10 Å². The van der Waals surface area contributed by atoms with E-state index in [1.165, 1.54) is 11.1 Å². The fourth-order valence-electron chi connectivity index (χ4n) is 2.21. The lowest BCUT2D eigenvalue weighted by atomic mass is 9.95. The maximum absolute atomic E-state index is 4.45. The summed E-state index contributed by atoms with van der Waals surface area (Å²) in [5.41, 5.74) is 7.84. The van der Waals surface area contributed by atoms with Gasteiger partial charge < -0.3 is 0 Å². The van der Waals surface area contributed by atoms with Crippen molar-refractivity contribution in [3.8, 4) is 0 Å². The second kappa shape index (κ2) is 4.61. The molecule has 0 saturated heterocycles. The number of hydrazone groups is 1. The van der Waals surface area contributed by atoms with Crippen LogP contribution in [0.15, 0.2) is 47.7 Å². The van der Waals surface area contributed by atoms with E-state index in [2.05, 4.69) is 52.8 Å². The first-order valence-electron chi connectivity index (χ1n) is 6.21. The third-order valence-electron chi connectivity index (χ3n) is 3.26. The summed E-state index contributed by atoms with van der Waals surface area (Å²) in [6, 6.07) is 12.6. The van der Waals surface area contributed by atoms with E-state index in [1.807, 2.05) is 18.5 Å². The van der Waals surface area contributed by atoms with Crippen LogP contribution in [0, 0.1) is 0 Å². The van der Waals surface area contributed by atoms with Crippen molar-refractivity contribution in [2.45, 2.75) is 19.4 Å². The summed E-state index contributed by atoms with van der Waals surface area (Å²) in [7, 11) is 0. The number of nitrogens with one attached hydrogen (secondary N) is 1. The summed E-state index contributed by atoms with van der Waals surface area (Å²) in [4.78, 5) is 4.45. The Morgan fingerprint density at radius 1 is 1.17 bits per heavy atom. The number of hydrogen-bond acceptors (Lipinski definition) is 3. The van der Waals surface area contributed by atoms with Crippen LogP contribution in [0.3, 0.4) is 0 Å². The number of hydrogen-bond donors (Lipinski definition) is 1. The van der Waals surface area contributed by atoms with Gasteiger partial charge in [0, 0.05) is 17.5 Å². The number of rotatable bonds is 2. The van der Waals surface area contributed by atoms with Crippen molar-refractivity contribution < 1.29 is 0 Å². The van der Waals surface area contributed by atoms with Crippen molar-refractivity contribution in [1.29, 1.82) is 0 Å². The molecule has 0 aliphatic carbocycles. The largest absolute Gasteiger partial charge is 0.298 e. The molecule has 0 saturated carbocycles. The highest BCUT2D eigenvalue weighted by atomic mass is 15.3. The lowest BCUT2D eigenvalue weighted by Crippen LogP contribution is -2.22. The van der Waals surface area contributed by atoms with Gasteiger partial charge in [0.15, 0.2) is 0 Å². The van der Waals surface area contributed by atoms with Crippen molar-refractivity contribution >= 4 is 6.21 Å². The minimum Gasteiger partial charge on any atom is -0.298 e. The average molecular weight is 237 g/mol. The van der Waals surface area contributed by atoms with E-state index in [0.717, 1.165) is 17.7 Å². The number of nitrogens with zero attached hydrogens (tertiary/aromatic N) is 2. The van der Waals surface area contributed by atoms with Crippen LogP contribution in [0.25, 0.3) is 0 Å². The second-order valence-corrected chi connectivity index (χ2v) is 4.39. The monoisotopic (exact) mass is 237 g/mol. The van der Waals surface area contributed by atoms with Crippen LogP contribution < -0.4 is 5.43 Å². The van der Waals surface area contributed by atoms with Crippen LogP contribution in [0.1, 0.15) is 35.3 Å². The summed E-state index contributed by atoms with van der Waals surface area (Å²) in [6.45, 7) is 2.11. The molecule has 1 N–H and O–H groups in total. The Hall–Kier alpha value is -2.16. The molecular formula is C15H15N3. The number of pyridine rings is 1. The van der Waals surface area contributed by atoms with Gasteiger partial charge in [0.05, 0.1) is 12.3 Å². The van der Waals surface area contributed by atoms with Gasteiger partial charge in [-0.15, -0.1) is 0 Å². The van der Waals surface area contributed by atoms with E-state index >= 15 is 0 Å². The molecule has 0 amide bonds. The predicted octanol–water partition coefficient (Wildman–Crippen LogP) is 2.67. The fourth-order valence-corrected chi connectivity index (χ4v) is 2.21. The number of aromatic nitrogens is 1. The van der Waals surface area contributed by atoms with Gasteiger partial charge in [-0.1, -0.05) is 37.3 Å². The zero-order valence-electron chi connectivity index (χ0n) is 10.3. The van der Waals surface area contributed by atoms with Crippen LogP contribution in [-0.4, -0.2) is 11.2 Å². The molecule has 3 rings (SSSR count). The Balaban J connectivity index is 1.99. The Morgan fingerprint density at radius 2 is 2.06 bits per heavy atom. The van der Waals surface area contributed by atoms with Crippen molar-refractivity contribution in [3.05, 3.63) is 65.0 Å². The number of fused-ring (bicyclic) bond motifs is 1. The maximum Gasteiger partial charge on any atom is 0.0960 e. The molecule has 90 valence electrons. The van der Waals surface area contributed by atoms with Crippen molar-refractivity contribution in [1.82, 2.24) is 10.4 Å². The summed E-state index contributed by atoms with van der Waals surface area (Å²) in [5, 5.41) is 4.22. The highest BCUT2D eigenvalue weighted by Crippen LogP contribution is 2.26. The third kappa shape index (κ3) is 1.88. The average Bonchev–Trinajstić information content (AvgIpc) is 2.47. The summed E-state index contributed by atoms with van der Waals surface area (Å²) in [5.74, 6) is 0. The molecular weight excluding hydrogens is 222 g/mol. The molecule has 1 aliphatic rings. The van der Waals surface area contributed by atoms with Crippen LogP contribution in [0.4, 0.5) is 0 Å². The summed E-state index contributed by atoms with van der Waals surface area (Å²) >= 11 is 0. The Kier molecular flexibility index (Phi) is 2.81. The normalized spacial score (nSPS) is 17.1. The molecule has 1 aromatic heterocycles. The number of benzene rings is 1. The van der Waals surface area contributed by atoms with E-state index in [1.54, 1.807) is 0 Å². The lowest BCUT2D eigenvalue weighted by molar-refractivity contribution is 0.629. The molecule has 3 heteroatoms. The highest BCUT2D eigenvalue weighted by Gasteiger charge is 2.18. The third-order valence-corrected chi connectivity index (χ3v) is 3.26. The van der Waals surface area contributed by atoms with E-state index in [0.29, 0.717) is 0 Å². The molecule has 0 fully saturated rings. The zero-order valence-corrected chi connectivity index (χ0v) is 10.3. The number of aryl methyl sites for hydroxylation is 1. The molecule has 3 nitrogen and oxygen atoms in total. The Bertz CT molecular complexity index is 573. The molecule has 1 aliphatic heterocycles. The molecule has 0 radical (unpaired) electrons. The van der Waals surface area contributed by atoms with E-state index < -0.39 is 0 Å². The first-order chi connectivity index (χ1) is 8.88. The SMILES string of the molecule is CCc1ccc(C2NN=Cc3ccccc32)cn1. The zero-order chi connectivity index (χ0) is 12.4. The van der Waals surface area contributed by atoms with Crippen LogP contribution in [0.2, 0.25) is 0 Å². The summed E-state index contributed by atoms with van der Waals surface area (Å²) < 4.78 is 0. The predicted molar refractivity (Wildman–Crippen MR) is 72.6 cm³/mol. The Labute approximate surface area is 107 Å². The first kappa shape index (κ1) is 11.0. The molecule has 1 aromatic carbocycles. The van der Waals surface area contributed by atoms with Gasteiger partial charge in [-0.3, -0.25) is 10.4 Å². The van der Waals surface area contributed by atoms with E-state index in [9.17, 15) is 0 Å². The molecule has 0 spiro atoms. The van der Waals surface area contributed by atoms with Gasteiger partial charge in [0.1, 0.15) is 0 Å². The Morgan fingerprint density at radius 3 is 2.83 bits per heavy atom. The fraction of sp³-hybridized carbons (Fsp3) is 0.200. The maximum atomic E-state index is 4.45. The minimum absolute atomic E-state index is 0.101. The van der Waals surface area contributed by atoms with Crippen LogP contribution in [0.5, 0.6) is 0 Å². The second-order valence-electron chi connectivity index (χ2n) is 4.39.